The number of hydrogen-bond donors (Lipinski definition) is 5. The number of carboxylic acids is 1. The van der Waals surface area contributed by atoms with Crippen molar-refractivity contribution >= 4 is 34.8 Å². The number of fused-ring (bicyclic) bond motifs is 1. The number of nitrogens with one attached hydrogen (secondary N) is 3. The summed E-state index contributed by atoms with van der Waals surface area (Å²) in [4.78, 5) is 61.8. The number of ether oxygens (including phenoxy) is 1. The number of anilines is 1. The van der Waals surface area contributed by atoms with Crippen LogP contribution >= 0.6 is 0 Å². The van der Waals surface area contributed by atoms with E-state index in [2.05, 4.69) is 25.3 Å². The predicted octanol–water partition coefficient (Wildman–Crippen LogP) is 2.10. The molecule has 198 valence electrons. The average molecular weight is 513 g/mol. The fraction of sp³-hybridized carbons (Fsp3) is 0.440. The minimum absolute atomic E-state index is 0.0670. The first-order valence-electron chi connectivity index (χ1n) is 12.2. The summed E-state index contributed by atoms with van der Waals surface area (Å²) >= 11 is 0. The molecular weight excluding hydrogens is 480 g/mol. The Kier molecular flexibility index (Phi) is 9.36. The normalized spacial score (nSPS) is 12.7. The van der Waals surface area contributed by atoms with Gasteiger partial charge in [-0.2, -0.15) is 4.98 Å². The Bertz CT molecular complexity index is 1300. The zero-order valence-electron chi connectivity index (χ0n) is 20.9. The number of aromatic amines is 2. The molecule has 0 spiro atoms. The number of carboxylic acid groups (broad SMARTS) is 1. The molecule has 37 heavy (non-hydrogen) atoms. The summed E-state index contributed by atoms with van der Waals surface area (Å²) in [5, 5.41) is 12.0. The summed E-state index contributed by atoms with van der Waals surface area (Å²) < 4.78 is 5.27. The summed E-state index contributed by atoms with van der Waals surface area (Å²) in [7, 11) is 0. The van der Waals surface area contributed by atoms with E-state index in [4.69, 9.17) is 15.6 Å². The fourth-order valence-corrected chi connectivity index (χ4v) is 3.69. The van der Waals surface area contributed by atoms with Crippen molar-refractivity contribution in [3.05, 3.63) is 51.7 Å². The summed E-state index contributed by atoms with van der Waals surface area (Å²) in [6.45, 7) is 3.58. The quantitative estimate of drug-likeness (QED) is 0.168. The van der Waals surface area contributed by atoms with E-state index in [0.717, 1.165) is 36.9 Å². The van der Waals surface area contributed by atoms with Gasteiger partial charge in [0.15, 0.2) is 0 Å². The van der Waals surface area contributed by atoms with Gasteiger partial charge in [0.1, 0.15) is 17.4 Å². The molecule has 1 amide bonds. The number of carbonyl (C=O) groups excluding carboxylic acids is 2. The molecule has 0 bridgehead atoms. The molecule has 12 heteroatoms. The second kappa shape index (κ2) is 12.7. The summed E-state index contributed by atoms with van der Waals surface area (Å²) in [5.74, 6) is -2.25. The van der Waals surface area contributed by atoms with Gasteiger partial charge >= 0.3 is 11.9 Å². The minimum atomic E-state index is -1.08. The summed E-state index contributed by atoms with van der Waals surface area (Å²) in [5.41, 5.74) is 7.72. The highest BCUT2D eigenvalue weighted by atomic mass is 16.5. The molecule has 3 aromatic rings. The zero-order chi connectivity index (χ0) is 26.9. The first-order chi connectivity index (χ1) is 17.7. The summed E-state index contributed by atoms with van der Waals surface area (Å²) in [6, 6.07) is 4.06. The van der Waals surface area contributed by atoms with Crippen LogP contribution in [0.3, 0.4) is 0 Å². The first kappa shape index (κ1) is 27.4. The van der Waals surface area contributed by atoms with E-state index in [0.29, 0.717) is 17.5 Å². The van der Waals surface area contributed by atoms with Gasteiger partial charge in [-0.15, -0.1) is 0 Å². The van der Waals surface area contributed by atoms with Crippen molar-refractivity contribution in [1.82, 2.24) is 25.3 Å². The van der Waals surface area contributed by atoms with E-state index < -0.39 is 23.9 Å². The van der Waals surface area contributed by atoms with Gasteiger partial charge in [0, 0.05) is 18.3 Å². The van der Waals surface area contributed by atoms with Gasteiger partial charge in [0.25, 0.3) is 11.5 Å². The van der Waals surface area contributed by atoms with Crippen LogP contribution in [0.2, 0.25) is 0 Å². The predicted molar refractivity (Wildman–Crippen MR) is 136 cm³/mol. The van der Waals surface area contributed by atoms with Crippen LogP contribution in [0.25, 0.3) is 11.0 Å². The number of nitrogens with two attached hydrogens (primary N) is 1. The Hall–Kier alpha value is -4.22. The molecule has 3 aromatic heterocycles. The highest BCUT2D eigenvalue weighted by Gasteiger charge is 2.25. The van der Waals surface area contributed by atoms with Crippen LogP contribution in [-0.2, 0) is 27.2 Å². The lowest BCUT2D eigenvalue weighted by Gasteiger charge is -2.19. The molecule has 0 aliphatic rings. The third-order valence-electron chi connectivity index (χ3n) is 5.92. The highest BCUT2D eigenvalue weighted by molar-refractivity contribution is 5.95. The first-order valence-corrected chi connectivity index (χ1v) is 12.2. The summed E-state index contributed by atoms with van der Waals surface area (Å²) in [6.07, 6.45) is 4.67. The van der Waals surface area contributed by atoms with Crippen LogP contribution < -0.4 is 16.6 Å². The third-order valence-corrected chi connectivity index (χ3v) is 5.92. The smallest absolute Gasteiger partial charge is 0.328 e. The lowest BCUT2D eigenvalue weighted by atomic mass is 10.1. The molecule has 0 saturated heterocycles. The maximum absolute atomic E-state index is 12.6. The maximum Gasteiger partial charge on any atom is 0.328 e. The molecule has 0 saturated carbocycles. The van der Waals surface area contributed by atoms with Crippen molar-refractivity contribution in [2.24, 2.45) is 0 Å². The number of nitrogens with zero attached hydrogens (tertiary/aromatic N) is 2. The van der Waals surface area contributed by atoms with Crippen LogP contribution in [0, 0.1) is 0 Å². The Balaban J connectivity index is 1.51. The maximum atomic E-state index is 12.6. The van der Waals surface area contributed by atoms with E-state index in [1.165, 1.54) is 0 Å². The number of esters is 1. The number of rotatable bonds is 13. The second-order valence-electron chi connectivity index (χ2n) is 8.88. The van der Waals surface area contributed by atoms with Crippen LogP contribution in [0.4, 0.5) is 5.95 Å². The Morgan fingerprint density at radius 2 is 1.95 bits per heavy atom. The van der Waals surface area contributed by atoms with E-state index in [9.17, 15) is 19.2 Å². The van der Waals surface area contributed by atoms with Crippen LogP contribution in [0.1, 0.15) is 67.7 Å². The van der Waals surface area contributed by atoms with Gasteiger partial charge < -0.3 is 25.9 Å². The van der Waals surface area contributed by atoms with E-state index >= 15 is 0 Å². The molecule has 12 nitrogen and oxygen atoms in total. The standard InChI is InChI=1S/C25H32N6O6/c1-3-14(2)37-24(36)19(10-11-20(32)33)29-23(35)18-9-8-15(13-27-18)6-4-5-7-16-12-17-21(28-16)30-25(26)31-22(17)34/h8-9,12-14,19H,3-7,10-11H2,1-2H3,(H,29,35)(H,32,33)(H4,26,28,30,31,34). The SMILES string of the molecule is CCC(C)OC(=O)C(CCC(=O)O)NC(=O)c1ccc(CCCCc2cc3c(=O)[nH]c(N)nc3[nH]2)cn1. The molecule has 0 aliphatic heterocycles. The van der Waals surface area contributed by atoms with Crippen molar-refractivity contribution in [3.8, 4) is 0 Å². The van der Waals surface area contributed by atoms with Gasteiger partial charge in [-0.05, 0) is 63.1 Å². The molecular formula is C25H32N6O6. The highest BCUT2D eigenvalue weighted by Crippen LogP contribution is 2.14. The molecule has 6 N–H and O–H groups in total. The van der Waals surface area contributed by atoms with Gasteiger partial charge in [0.2, 0.25) is 5.95 Å². The molecule has 0 radical (unpaired) electrons. The lowest BCUT2D eigenvalue weighted by molar-refractivity contribution is -0.151. The monoisotopic (exact) mass is 512 g/mol. The number of pyridine rings is 1. The average Bonchev–Trinajstić information content (AvgIpc) is 3.27. The number of H-pyrrole nitrogens is 2. The molecule has 3 rings (SSSR count). The van der Waals surface area contributed by atoms with Crippen molar-refractivity contribution in [1.29, 1.82) is 0 Å². The minimum Gasteiger partial charge on any atom is -0.481 e. The van der Waals surface area contributed by atoms with E-state index in [1.54, 1.807) is 31.3 Å². The lowest BCUT2D eigenvalue weighted by Crippen LogP contribution is -2.43. The van der Waals surface area contributed by atoms with Crippen molar-refractivity contribution in [2.45, 2.75) is 70.9 Å². The zero-order valence-corrected chi connectivity index (χ0v) is 20.9. The topological polar surface area (TPSA) is 193 Å². The third kappa shape index (κ3) is 7.89. The number of carbonyl (C=O) groups is 3. The van der Waals surface area contributed by atoms with Crippen LogP contribution in [0.15, 0.2) is 29.2 Å². The Morgan fingerprint density at radius 3 is 2.62 bits per heavy atom. The molecule has 2 atom stereocenters. The number of nitrogen functional groups attached to an aromatic ring is 1. The number of aryl methyl sites for hydroxylation is 2. The van der Waals surface area contributed by atoms with E-state index in [1.807, 2.05) is 6.92 Å². The van der Waals surface area contributed by atoms with Crippen molar-refractivity contribution < 1.29 is 24.2 Å². The Labute approximate surface area is 213 Å². The van der Waals surface area contributed by atoms with Crippen molar-refractivity contribution in [3.63, 3.8) is 0 Å². The number of unbranched alkanes of at least 4 members (excludes halogenated alkanes) is 1. The Morgan fingerprint density at radius 1 is 1.19 bits per heavy atom. The number of aromatic nitrogens is 4. The van der Waals surface area contributed by atoms with Crippen molar-refractivity contribution in [2.75, 3.05) is 5.73 Å². The van der Waals surface area contributed by atoms with Gasteiger partial charge in [-0.1, -0.05) is 13.0 Å². The molecule has 0 aromatic carbocycles. The van der Waals surface area contributed by atoms with Gasteiger partial charge in [-0.3, -0.25) is 24.4 Å². The molecule has 3 heterocycles. The molecule has 2 unspecified atom stereocenters. The van der Waals surface area contributed by atoms with Gasteiger partial charge in [-0.25, -0.2) is 4.79 Å². The van der Waals surface area contributed by atoms with Crippen LogP contribution in [0.5, 0.6) is 0 Å². The number of aliphatic carboxylic acids is 1. The molecule has 0 fully saturated rings. The molecule has 0 aliphatic carbocycles. The van der Waals surface area contributed by atoms with Gasteiger partial charge in [0.05, 0.1) is 11.5 Å². The second-order valence-corrected chi connectivity index (χ2v) is 8.88. The number of hydrogen-bond acceptors (Lipinski definition) is 8. The number of amides is 1. The van der Waals surface area contributed by atoms with Crippen LogP contribution in [-0.4, -0.2) is 55.0 Å². The van der Waals surface area contributed by atoms with E-state index in [-0.39, 0.29) is 36.1 Å². The fourth-order valence-electron chi connectivity index (χ4n) is 3.69. The largest absolute Gasteiger partial charge is 0.481 e.